The van der Waals surface area contributed by atoms with Crippen LogP contribution in [0.5, 0.6) is 0 Å². The topological polar surface area (TPSA) is 37.8 Å². The van der Waals surface area contributed by atoms with Crippen LogP contribution in [-0.4, -0.2) is 9.97 Å². The minimum atomic E-state index is 0.541. The highest BCUT2D eigenvalue weighted by atomic mass is 79.9. The van der Waals surface area contributed by atoms with Gasteiger partial charge in [-0.15, -0.1) is 11.3 Å². The summed E-state index contributed by atoms with van der Waals surface area (Å²) in [6.07, 6.45) is 3.39. The number of rotatable bonds is 5. The number of thiophene rings is 1. The van der Waals surface area contributed by atoms with E-state index in [2.05, 4.69) is 43.5 Å². The summed E-state index contributed by atoms with van der Waals surface area (Å²) in [5.74, 6) is 0.831. The molecule has 0 aliphatic heterocycles. The van der Waals surface area contributed by atoms with Crippen molar-refractivity contribution in [1.82, 2.24) is 9.97 Å². The summed E-state index contributed by atoms with van der Waals surface area (Å²) in [5, 5.41) is 5.92. The van der Waals surface area contributed by atoms with Gasteiger partial charge >= 0.3 is 0 Å². The molecule has 0 aromatic carbocycles. The Morgan fingerprint density at radius 3 is 2.94 bits per heavy atom. The molecule has 0 unspecified atom stereocenters. The molecule has 0 bridgehead atoms. The number of nitrogens with zero attached hydrogens (tertiary/aromatic N) is 2. The summed E-state index contributed by atoms with van der Waals surface area (Å²) in [6.45, 7) is 2.85. The van der Waals surface area contributed by atoms with E-state index < -0.39 is 0 Å². The maximum absolute atomic E-state index is 6.10. The van der Waals surface area contributed by atoms with Gasteiger partial charge in [0, 0.05) is 14.9 Å². The summed E-state index contributed by atoms with van der Waals surface area (Å²) in [4.78, 5) is 9.54. The highest BCUT2D eigenvalue weighted by Crippen LogP contribution is 2.25. The van der Waals surface area contributed by atoms with Crippen LogP contribution in [0.15, 0.2) is 22.2 Å². The van der Waals surface area contributed by atoms with Gasteiger partial charge in [0.15, 0.2) is 0 Å². The first kappa shape index (κ1) is 13.8. The molecule has 0 saturated carbocycles. The van der Waals surface area contributed by atoms with Gasteiger partial charge in [-0.1, -0.05) is 24.9 Å². The monoisotopic (exact) mass is 345 g/mol. The van der Waals surface area contributed by atoms with Crippen molar-refractivity contribution < 1.29 is 0 Å². The highest BCUT2D eigenvalue weighted by molar-refractivity contribution is 9.10. The Balaban J connectivity index is 2.14. The molecule has 2 rings (SSSR count). The third kappa shape index (κ3) is 3.22. The lowest BCUT2D eigenvalue weighted by molar-refractivity contribution is 0.898. The predicted molar refractivity (Wildman–Crippen MR) is 80.4 cm³/mol. The first-order valence-corrected chi connectivity index (χ1v) is 7.72. The maximum atomic E-state index is 6.10. The van der Waals surface area contributed by atoms with Gasteiger partial charge in [-0.25, -0.2) is 9.97 Å². The van der Waals surface area contributed by atoms with Gasteiger partial charge < -0.3 is 5.32 Å². The molecule has 0 spiro atoms. The Kier molecular flexibility index (Phi) is 4.97. The number of hydrogen-bond acceptors (Lipinski definition) is 4. The fraction of sp³-hybridized carbons (Fsp3) is 0.333. The minimum Gasteiger partial charge on any atom is -0.365 e. The Bertz CT molecular complexity index is 530. The van der Waals surface area contributed by atoms with Crippen molar-refractivity contribution in [2.75, 3.05) is 5.32 Å². The van der Waals surface area contributed by atoms with Gasteiger partial charge in [-0.05, 0) is 33.8 Å². The lowest BCUT2D eigenvalue weighted by Crippen LogP contribution is -2.05. The van der Waals surface area contributed by atoms with E-state index >= 15 is 0 Å². The fourth-order valence-corrected chi connectivity index (χ4v) is 3.29. The zero-order valence-electron chi connectivity index (χ0n) is 9.91. The molecule has 0 atom stereocenters. The molecule has 0 fully saturated rings. The third-order valence-corrected chi connectivity index (χ3v) is 4.75. The second-order valence-corrected chi connectivity index (χ2v) is 6.00. The van der Waals surface area contributed by atoms with Gasteiger partial charge in [0.1, 0.15) is 17.3 Å². The molecule has 6 heteroatoms. The molecular weight excluding hydrogens is 334 g/mol. The summed E-state index contributed by atoms with van der Waals surface area (Å²) >= 11 is 11.3. The molecule has 2 aromatic heterocycles. The quantitative estimate of drug-likeness (QED) is 0.809. The minimum absolute atomic E-state index is 0.541. The fourth-order valence-electron chi connectivity index (χ4n) is 1.63. The predicted octanol–water partition coefficient (Wildman–Crippen LogP) is 4.52. The lowest BCUT2D eigenvalue weighted by atomic mass is 10.2. The van der Waals surface area contributed by atoms with E-state index in [1.165, 1.54) is 11.2 Å². The molecule has 96 valence electrons. The molecule has 2 heterocycles. The molecule has 0 amide bonds. The number of nitrogens with one attached hydrogen (secondary N) is 1. The summed E-state index contributed by atoms with van der Waals surface area (Å²) in [5.41, 5.74) is 0.995. The van der Waals surface area contributed by atoms with E-state index in [0.29, 0.717) is 5.15 Å². The van der Waals surface area contributed by atoms with E-state index in [1.807, 2.05) is 6.07 Å². The lowest BCUT2D eigenvalue weighted by Gasteiger charge is -2.10. The molecule has 0 aliphatic rings. The zero-order chi connectivity index (χ0) is 13.0. The first-order valence-electron chi connectivity index (χ1n) is 5.67. The SMILES string of the molecule is CCCc1c(Cl)ncnc1NCc1sccc1Br. The average molecular weight is 347 g/mol. The van der Waals surface area contributed by atoms with Crippen LogP contribution in [0, 0.1) is 0 Å². The van der Waals surface area contributed by atoms with Crippen LogP contribution in [0.4, 0.5) is 5.82 Å². The van der Waals surface area contributed by atoms with Crippen LogP contribution in [0.2, 0.25) is 5.15 Å². The van der Waals surface area contributed by atoms with Crippen LogP contribution in [0.1, 0.15) is 23.8 Å². The highest BCUT2D eigenvalue weighted by Gasteiger charge is 2.09. The van der Waals surface area contributed by atoms with Crippen LogP contribution in [0.3, 0.4) is 0 Å². The van der Waals surface area contributed by atoms with Crippen LogP contribution >= 0.6 is 38.9 Å². The van der Waals surface area contributed by atoms with E-state index in [9.17, 15) is 0 Å². The third-order valence-electron chi connectivity index (χ3n) is 2.50. The van der Waals surface area contributed by atoms with Crippen LogP contribution < -0.4 is 5.32 Å². The number of halogens is 2. The van der Waals surface area contributed by atoms with E-state index in [1.54, 1.807) is 11.3 Å². The van der Waals surface area contributed by atoms with Gasteiger partial charge in [-0.3, -0.25) is 0 Å². The molecule has 0 radical (unpaired) electrons. The molecule has 0 saturated heterocycles. The van der Waals surface area contributed by atoms with Crippen molar-refractivity contribution in [2.24, 2.45) is 0 Å². The van der Waals surface area contributed by atoms with Crippen molar-refractivity contribution in [1.29, 1.82) is 0 Å². The van der Waals surface area contributed by atoms with E-state index in [-0.39, 0.29) is 0 Å². The average Bonchev–Trinajstić information content (AvgIpc) is 2.76. The largest absolute Gasteiger partial charge is 0.365 e. The standard InChI is InChI=1S/C12H13BrClN3S/c1-2-3-8-11(14)16-7-17-12(8)15-6-10-9(13)4-5-18-10/h4-5,7H,2-3,6H2,1H3,(H,15,16,17). The van der Waals surface area contributed by atoms with Crippen molar-refractivity contribution in [3.63, 3.8) is 0 Å². The Hall–Kier alpha value is -0.650. The number of anilines is 1. The maximum Gasteiger partial charge on any atom is 0.137 e. The zero-order valence-corrected chi connectivity index (χ0v) is 13.1. The summed E-state index contributed by atoms with van der Waals surface area (Å²) < 4.78 is 1.12. The Morgan fingerprint density at radius 1 is 1.44 bits per heavy atom. The summed E-state index contributed by atoms with van der Waals surface area (Å²) in [7, 11) is 0. The molecule has 2 aromatic rings. The van der Waals surface area contributed by atoms with Crippen LogP contribution in [0.25, 0.3) is 0 Å². The molecule has 3 nitrogen and oxygen atoms in total. The smallest absolute Gasteiger partial charge is 0.137 e. The summed E-state index contributed by atoms with van der Waals surface area (Å²) in [6, 6.07) is 2.04. The molecule has 0 aliphatic carbocycles. The molecule has 18 heavy (non-hydrogen) atoms. The van der Waals surface area contributed by atoms with Crippen molar-refractivity contribution in [3.05, 3.63) is 37.8 Å². The van der Waals surface area contributed by atoms with Gasteiger partial charge in [0.05, 0.1) is 6.54 Å². The van der Waals surface area contributed by atoms with E-state index in [4.69, 9.17) is 11.6 Å². The van der Waals surface area contributed by atoms with Gasteiger partial charge in [-0.2, -0.15) is 0 Å². The second kappa shape index (κ2) is 6.50. The van der Waals surface area contributed by atoms with E-state index in [0.717, 1.165) is 35.2 Å². The molecule has 1 N–H and O–H groups in total. The Labute approximate surface area is 124 Å². The molecular formula is C12H13BrClN3S. The van der Waals surface area contributed by atoms with Crippen LogP contribution in [-0.2, 0) is 13.0 Å². The van der Waals surface area contributed by atoms with Gasteiger partial charge in [0.25, 0.3) is 0 Å². The number of hydrogen-bond donors (Lipinski definition) is 1. The first-order chi connectivity index (χ1) is 8.72. The van der Waals surface area contributed by atoms with Gasteiger partial charge in [0.2, 0.25) is 0 Å². The van der Waals surface area contributed by atoms with Crippen molar-refractivity contribution in [3.8, 4) is 0 Å². The van der Waals surface area contributed by atoms with Crippen molar-refractivity contribution in [2.45, 2.75) is 26.3 Å². The van der Waals surface area contributed by atoms with Crippen molar-refractivity contribution >= 4 is 44.7 Å². The Morgan fingerprint density at radius 2 is 2.28 bits per heavy atom. The number of aromatic nitrogens is 2. The normalized spacial score (nSPS) is 10.6. The second-order valence-electron chi connectivity index (χ2n) is 3.79.